The highest BCUT2D eigenvalue weighted by Gasteiger charge is 2.19. The summed E-state index contributed by atoms with van der Waals surface area (Å²) in [5.41, 5.74) is 2.17. The maximum absolute atomic E-state index is 12.8. The Morgan fingerprint density at radius 1 is 1.00 bits per heavy atom. The van der Waals surface area contributed by atoms with Gasteiger partial charge in [-0.15, -0.1) is 0 Å². The maximum Gasteiger partial charge on any atom is 0.229 e. The van der Waals surface area contributed by atoms with Crippen molar-refractivity contribution in [2.24, 2.45) is 0 Å². The van der Waals surface area contributed by atoms with Crippen LogP contribution in [0.3, 0.4) is 0 Å². The van der Waals surface area contributed by atoms with Crippen molar-refractivity contribution in [3.8, 4) is 5.75 Å². The third kappa shape index (κ3) is 3.82. The summed E-state index contributed by atoms with van der Waals surface area (Å²) in [5.74, 6) is 0.781. The number of hydrogen-bond donors (Lipinski definition) is 0. The zero-order chi connectivity index (χ0) is 17.8. The highest BCUT2D eigenvalue weighted by Crippen LogP contribution is 2.26. The van der Waals surface area contributed by atoms with Crippen LogP contribution in [0.25, 0.3) is 10.8 Å². The molecule has 0 fully saturated rings. The minimum absolute atomic E-state index is 0.122. The largest absolute Gasteiger partial charge is 0.497 e. The van der Waals surface area contributed by atoms with E-state index in [-0.39, 0.29) is 11.8 Å². The number of ether oxygens (including phenoxy) is 1. The van der Waals surface area contributed by atoms with Crippen molar-refractivity contribution in [1.29, 1.82) is 0 Å². The monoisotopic (exact) mass is 333 g/mol. The van der Waals surface area contributed by atoms with Gasteiger partial charge in [-0.2, -0.15) is 0 Å². The first-order valence-electron chi connectivity index (χ1n) is 8.45. The first-order chi connectivity index (χ1) is 12.1. The Balaban J connectivity index is 1.78. The van der Waals surface area contributed by atoms with Gasteiger partial charge in [-0.3, -0.25) is 4.79 Å². The highest BCUT2D eigenvalue weighted by atomic mass is 16.5. The number of benzene rings is 3. The summed E-state index contributed by atoms with van der Waals surface area (Å²) in [6, 6.07) is 22.2. The van der Waals surface area contributed by atoms with Crippen molar-refractivity contribution in [2.45, 2.75) is 19.4 Å². The molecular weight excluding hydrogens is 310 g/mol. The van der Waals surface area contributed by atoms with Crippen LogP contribution in [0.5, 0.6) is 5.75 Å². The van der Waals surface area contributed by atoms with Gasteiger partial charge in [0.1, 0.15) is 5.75 Å². The first kappa shape index (κ1) is 17.0. The number of rotatable bonds is 5. The Morgan fingerprint density at radius 2 is 1.68 bits per heavy atom. The van der Waals surface area contributed by atoms with Gasteiger partial charge < -0.3 is 9.64 Å². The molecule has 3 heteroatoms. The van der Waals surface area contributed by atoms with Gasteiger partial charge in [-0.1, -0.05) is 54.6 Å². The molecule has 25 heavy (non-hydrogen) atoms. The van der Waals surface area contributed by atoms with Gasteiger partial charge >= 0.3 is 0 Å². The van der Waals surface area contributed by atoms with E-state index in [1.165, 1.54) is 0 Å². The Kier molecular flexibility index (Phi) is 5.03. The molecule has 0 aliphatic rings. The molecule has 0 spiro atoms. The Hall–Kier alpha value is -2.81. The standard InChI is InChI=1S/C22H23NO2/c1-16(22(24)23(2)15-17-7-5-4-6-8-17)18-9-10-20-14-21(25-3)12-11-19(20)13-18/h4-14,16H,15H2,1-3H3/t16-/m0/s1. The predicted octanol–water partition coefficient (Wildman–Crippen LogP) is 4.61. The summed E-state index contributed by atoms with van der Waals surface area (Å²) in [5, 5.41) is 2.23. The quantitative estimate of drug-likeness (QED) is 0.682. The van der Waals surface area contributed by atoms with Gasteiger partial charge in [0, 0.05) is 13.6 Å². The van der Waals surface area contributed by atoms with Crippen molar-refractivity contribution < 1.29 is 9.53 Å². The normalized spacial score (nSPS) is 12.0. The van der Waals surface area contributed by atoms with Gasteiger partial charge in [0.25, 0.3) is 0 Å². The lowest BCUT2D eigenvalue weighted by molar-refractivity contribution is -0.131. The van der Waals surface area contributed by atoms with Crippen LogP contribution in [-0.4, -0.2) is 25.0 Å². The molecule has 0 saturated heterocycles. The molecule has 0 N–H and O–H groups in total. The molecule has 0 aromatic heterocycles. The second kappa shape index (κ2) is 7.39. The molecular formula is C22H23NO2. The first-order valence-corrected chi connectivity index (χ1v) is 8.45. The molecule has 0 radical (unpaired) electrons. The average Bonchev–Trinajstić information content (AvgIpc) is 2.66. The summed E-state index contributed by atoms with van der Waals surface area (Å²) in [6.07, 6.45) is 0. The van der Waals surface area contributed by atoms with E-state index in [0.717, 1.165) is 27.6 Å². The number of hydrogen-bond acceptors (Lipinski definition) is 2. The molecule has 0 aliphatic heterocycles. The fourth-order valence-corrected chi connectivity index (χ4v) is 3.05. The zero-order valence-corrected chi connectivity index (χ0v) is 14.9. The lowest BCUT2D eigenvalue weighted by Gasteiger charge is -2.22. The van der Waals surface area contributed by atoms with Gasteiger partial charge in [0.15, 0.2) is 0 Å². The van der Waals surface area contributed by atoms with Crippen molar-refractivity contribution in [3.05, 3.63) is 77.9 Å². The number of carbonyl (C=O) groups excluding carboxylic acids is 1. The Bertz CT molecular complexity index is 874. The lowest BCUT2D eigenvalue weighted by Crippen LogP contribution is -2.30. The lowest BCUT2D eigenvalue weighted by atomic mass is 9.96. The van der Waals surface area contributed by atoms with E-state index in [1.54, 1.807) is 12.0 Å². The van der Waals surface area contributed by atoms with Gasteiger partial charge in [0.2, 0.25) is 5.91 Å². The Labute approximate surface area is 148 Å². The van der Waals surface area contributed by atoms with E-state index in [9.17, 15) is 4.79 Å². The van der Waals surface area contributed by atoms with Gasteiger partial charge in [0.05, 0.1) is 13.0 Å². The summed E-state index contributed by atoms with van der Waals surface area (Å²) in [6.45, 7) is 2.59. The SMILES string of the molecule is COc1ccc2cc([C@H](C)C(=O)N(C)Cc3ccccc3)ccc2c1. The highest BCUT2D eigenvalue weighted by molar-refractivity contribution is 5.88. The molecule has 0 heterocycles. The molecule has 3 aromatic rings. The molecule has 1 amide bonds. The number of methoxy groups -OCH3 is 1. The summed E-state index contributed by atoms with van der Waals surface area (Å²) < 4.78 is 5.27. The minimum atomic E-state index is -0.180. The molecule has 0 unspecified atom stereocenters. The molecule has 0 aliphatic carbocycles. The molecule has 128 valence electrons. The molecule has 3 nitrogen and oxygen atoms in total. The molecule has 0 saturated carbocycles. The fraction of sp³-hybridized carbons (Fsp3) is 0.227. The van der Waals surface area contributed by atoms with Gasteiger partial charge in [-0.05, 0) is 41.0 Å². The van der Waals surface area contributed by atoms with Crippen LogP contribution in [0.2, 0.25) is 0 Å². The van der Waals surface area contributed by atoms with Crippen molar-refractivity contribution in [2.75, 3.05) is 14.2 Å². The van der Waals surface area contributed by atoms with E-state index in [4.69, 9.17) is 4.74 Å². The van der Waals surface area contributed by atoms with Crippen LogP contribution in [0.4, 0.5) is 0 Å². The predicted molar refractivity (Wildman–Crippen MR) is 102 cm³/mol. The van der Waals surface area contributed by atoms with Crippen LogP contribution in [0.15, 0.2) is 66.7 Å². The van der Waals surface area contributed by atoms with Crippen LogP contribution >= 0.6 is 0 Å². The third-order valence-electron chi connectivity index (χ3n) is 4.58. The average molecular weight is 333 g/mol. The fourth-order valence-electron chi connectivity index (χ4n) is 3.05. The third-order valence-corrected chi connectivity index (χ3v) is 4.58. The topological polar surface area (TPSA) is 29.5 Å². The van der Waals surface area contributed by atoms with Gasteiger partial charge in [-0.25, -0.2) is 0 Å². The number of nitrogens with zero attached hydrogens (tertiary/aromatic N) is 1. The number of amides is 1. The summed E-state index contributed by atoms with van der Waals surface area (Å²) >= 11 is 0. The van der Waals surface area contributed by atoms with Crippen LogP contribution < -0.4 is 4.74 Å². The van der Waals surface area contributed by atoms with E-state index in [2.05, 4.69) is 6.07 Å². The number of fused-ring (bicyclic) bond motifs is 1. The van der Waals surface area contributed by atoms with Crippen molar-refractivity contribution >= 4 is 16.7 Å². The summed E-state index contributed by atoms with van der Waals surface area (Å²) in [4.78, 5) is 14.6. The molecule has 1 atom stereocenters. The van der Waals surface area contributed by atoms with E-state index in [1.807, 2.05) is 74.6 Å². The van der Waals surface area contributed by atoms with Crippen LogP contribution in [-0.2, 0) is 11.3 Å². The molecule has 3 rings (SSSR count). The smallest absolute Gasteiger partial charge is 0.229 e. The second-order valence-electron chi connectivity index (χ2n) is 6.37. The number of carbonyl (C=O) groups is 1. The second-order valence-corrected chi connectivity index (χ2v) is 6.37. The van der Waals surface area contributed by atoms with E-state index >= 15 is 0 Å². The van der Waals surface area contributed by atoms with E-state index in [0.29, 0.717) is 6.54 Å². The minimum Gasteiger partial charge on any atom is -0.497 e. The number of likely N-dealkylation sites (N-methyl/N-ethyl adjacent to an activating group) is 1. The van der Waals surface area contributed by atoms with Crippen LogP contribution in [0, 0.1) is 0 Å². The van der Waals surface area contributed by atoms with Crippen LogP contribution in [0.1, 0.15) is 24.0 Å². The summed E-state index contributed by atoms with van der Waals surface area (Å²) in [7, 11) is 3.52. The maximum atomic E-state index is 12.8. The zero-order valence-electron chi connectivity index (χ0n) is 14.9. The van der Waals surface area contributed by atoms with Crippen molar-refractivity contribution in [3.63, 3.8) is 0 Å². The Morgan fingerprint density at radius 3 is 2.40 bits per heavy atom. The molecule has 3 aromatic carbocycles. The van der Waals surface area contributed by atoms with Crippen molar-refractivity contribution in [1.82, 2.24) is 4.90 Å². The molecule has 0 bridgehead atoms. The van der Waals surface area contributed by atoms with E-state index < -0.39 is 0 Å².